The van der Waals surface area contributed by atoms with Crippen LogP contribution in [0, 0.1) is 5.92 Å². The number of nitrogen functional groups attached to an aromatic ring is 1. The van der Waals surface area contributed by atoms with Crippen LogP contribution < -0.4 is 10.6 Å². The van der Waals surface area contributed by atoms with E-state index in [4.69, 9.17) is 5.73 Å². The van der Waals surface area contributed by atoms with Gasteiger partial charge < -0.3 is 15.7 Å². The van der Waals surface area contributed by atoms with E-state index < -0.39 is 0 Å². The molecule has 0 radical (unpaired) electrons. The summed E-state index contributed by atoms with van der Waals surface area (Å²) in [6.45, 7) is 1.93. The third kappa shape index (κ3) is 3.13. The molecule has 0 spiro atoms. The first-order chi connectivity index (χ1) is 10.3. The Balaban J connectivity index is 1.90. The van der Waals surface area contributed by atoms with Crippen molar-refractivity contribution in [3.8, 4) is 5.82 Å². The largest absolute Gasteiger partial charge is 0.396 e. The Kier molecular flexibility index (Phi) is 4.01. The van der Waals surface area contributed by atoms with Crippen molar-refractivity contribution in [3.05, 3.63) is 24.5 Å². The average Bonchev–Trinajstić information content (AvgIpc) is 2.91. The summed E-state index contributed by atoms with van der Waals surface area (Å²) in [5.41, 5.74) is 5.84. The van der Waals surface area contributed by atoms with Gasteiger partial charge >= 0.3 is 0 Å². The monoisotopic (exact) mass is 288 g/mol. The minimum atomic E-state index is 0.211. The molecule has 1 saturated heterocycles. The van der Waals surface area contributed by atoms with Crippen LogP contribution in [0.3, 0.4) is 0 Å². The second-order valence-corrected chi connectivity index (χ2v) is 5.38. The number of hydrogen-bond donors (Lipinski definition) is 2. The summed E-state index contributed by atoms with van der Waals surface area (Å²) >= 11 is 0. The fourth-order valence-corrected chi connectivity index (χ4v) is 2.71. The number of aliphatic hydroxyl groups excluding tert-OH is 1. The Morgan fingerprint density at radius 2 is 2.14 bits per heavy atom. The van der Waals surface area contributed by atoms with Gasteiger partial charge in [-0.05, 0) is 24.8 Å². The molecule has 1 aliphatic rings. The summed E-state index contributed by atoms with van der Waals surface area (Å²) in [4.78, 5) is 10.8. The highest BCUT2D eigenvalue weighted by Crippen LogP contribution is 2.22. The molecular weight excluding hydrogens is 268 g/mol. The molecule has 2 aromatic heterocycles. The van der Waals surface area contributed by atoms with Gasteiger partial charge in [0.2, 0.25) is 5.95 Å². The Hall–Kier alpha value is -2.15. The summed E-state index contributed by atoms with van der Waals surface area (Å²) in [5.74, 6) is 1.99. The molecule has 0 aromatic carbocycles. The molecule has 2 aromatic rings. The first kappa shape index (κ1) is 13.8. The van der Waals surface area contributed by atoms with Crippen LogP contribution in [0.1, 0.15) is 19.3 Å². The predicted octanol–water partition coefficient (Wildman–Crippen LogP) is 0.843. The highest BCUT2D eigenvalue weighted by atomic mass is 16.3. The van der Waals surface area contributed by atoms with Crippen LogP contribution in [0.25, 0.3) is 5.82 Å². The third-order valence-corrected chi connectivity index (χ3v) is 3.81. The molecule has 0 aliphatic carbocycles. The van der Waals surface area contributed by atoms with Crippen molar-refractivity contribution in [2.75, 3.05) is 30.3 Å². The molecule has 112 valence electrons. The van der Waals surface area contributed by atoms with Crippen LogP contribution in [0.4, 0.5) is 11.8 Å². The molecule has 1 fully saturated rings. The molecule has 1 unspecified atom stereocenters. The van der Waals surface area contributed by atoms with Gasteiger partial charge in [0.25, 0.3) is 0 Å². The zero-order chi connectivity index (χ0) is 14.7. The number of hydrogen-bond acceptors (Lipinski definition) is 6. The van der Waals surface area contributed by atoms with Crippen molar-refractivity contribution < 1.29 is 5.11 Å². The standard InChI is InChI=1S/C14H20N6O/c15-14-17-12(8-13(18-14)20-7-3-5-16-20)19-6-2-1-4-11(9-19)10-21/h3,5,7-8,11,21H,1-2,4,6,9-10H2,(H2,15,17,18). The molecular formula is C14H20N6O. The number of nitrogens with zero attached hydrogens (tertiary/aromatic N) is 5. The van der Waals surface area contributed by atoms with Crippen LogP contribution in [-0.2, 0) is 0 Å². The van der Waals surface area contributed by atoms with Gasteiger partial charge in [-0.1, -0.05) is 6.42 Å². The number of aromatic nitrogens is 4. The summed E-state index contributed by atoms with van der Waals surface area (Å²) in [7, 11) is 0. The van der Waals surface area contributed by atoms with E-state index in [1.807, 2.05) is 18.3 Å². The van der Waals surface area contributed by atoms with E-state index in [0.29, 0.717) is 5.82 Å². The van der Waals surface area contributed by atoms with Crippen LogP contribution in [0.2, 0.25) is 0 Å². The van der Waals surface area contributed by atoms with Crippen molar-refractivity contribution in [1.29, 1.82) is 0 Å². The molecule has 7 nitrogen and oxygen atoms in total. The molecule has 21 heavy (non-hydrogen) atoms. The highest BCUT2D eigenvalue weighted by molar-refractivity contribution is 5.47. The lowest BCUT2D eigenvalue weighted by atomic mass is 10.1. The van der Waals surface area contributed by atoms with Crippen molar-refractivity contribution in [3.63, 3.8) is 0 Å². The number of aliphatic hydroxyl groups is 1. The molecule has 3 rings (SSSR count). The fourth-order valence-electron chi connectivity index (χ4n) is 2.71. The SMILES string of the molecule is Nc1nc(N2CCCCC(CO)C2)cc(-n2cccn2)n1. The second kappa shape index (κ2) is 6.09. The van der Waals surface area contributed by atoms with E-state index >= 15 is 0 Å². The summed E-state index contributed by atoms with van der Waals surface area (Å²) in [6.07, 6.45) is 6.81. The third-order valence-electron chi connectivity index (χ3n) is 3.81. The van der Waals surface area contributed by atoms with Gasteiger partial charge in [-0.3, -0.25) is 0 Å². The van der Waals surface area contributed by atoms with Gasteiger partial charge in [-0.2, -0.15) is 15.1 Å². The van der Waals surface area contributed by atoms with Crippen LogP contribution >= 0.6 is 0 Å². The lowest BCUT2D eigenvalue weighted by Gasteiger charge is -2.25. The van der Waals surface area contributed by atoms with E-state index in [0.717, 1.165) is 38.2 Å². The smallest absolute Gasteiger partial charge is 0.224 e. The Morgan fingerprint density at radius 3 is 2.90 bits per heavy atom. The molecule has 0 bridgehead atoms. The quantitative estimate of drug-likeness (QED) is 0.869. The lowest BCUT2D eigenvalue weighted by Crippen LogP contribution is -2.30. The Morgan fingerprint density at radius 1 is 1.29 bits per heavy atom. The van der Waals surface area contributed by atoms with Crippen molar-refractivity contribution in [1.82, 2.24) is 19.7 Å². The predicted molar refractivity (Wildman–Crippen MR) is 80.2 cm³/mol. The van der Waals surface area contributed by atoms with Crippen LogP contribution in [0.15, 0.2) is 24.5 Å². The van der Waals surface area contributed by atoms with Gasteiger partial charge in [0.15, 0.2) is 5.82 Å². The van der Waals surface area contributed by atoms with Gasteiger partial charge in [0.05, 0.1) is 0 Å². The topological polar surface area (TPSA) is 93.1 Å². The first-order valence-electron chi connectivity index (χ1n) is 7.26. The van der Waals surface area contributed by atoms with E-state index in [9.17, 15) is 5.11 Å². The maximum absolute atomic E-state index is 9.44. The maximum Gasteiger partial charge on any atom is 0.224 e. The summed E-state index contributed by atoms with van der Waals surface area (Å²) < 4.78 is 1.67. The minimum absolute atomic E-state index is 0.211. The van der Waals surface area contributed by atoms with Crippen molar-refractivity contribution in [2.24, 2.45) is 5.92 Å². The Labute approximate surface area is 123 Å². The maximum atomic E-state index is 9.44. The average molecular weight is 288 g/mol. The van der Waals surface area contributed by atoms with Crippen LogP contribution in [-0.4, -0.2) is 44.6 Å². The molecule has 3 heterocycles. The molecule has 3 N–H and O–H groups in total. The van der Waals surface area contributed by atoms with E-state index in [2.05, 4.69) is 20.0 Å². The summed E-state index contributed by atoms with van der Waals surface area (Å²) in [5, 5.41) is 13.6. The zero-order valence-corrected chi connectivity index (χ0v) is 11.9. The van der Waals surface area contributed by atoms with E-state index in [1.54, 1.807) is 10.9 Å². The molecule has 0 saturated carbocycles. The minimum Gasteiger partial charge on any atom is -0.396 e. The number of anilines is 2. The number of nitrogens with two attached hydrogens (primary N) is 1. The highest BCUT2D eigenvalue weighted by Gasteiger charge is 2.19. The van der Waals surface area contributed by atoms with E-state index in [1.165, 1.54) is 0 Å². The zero-order valence-electron chi connectivity index (χ0n) is 11.9. The van der Waals surface area contributed by atoms with Gasteiger partial charge in [-0.25, -0.2) is 4.68 Å². The van der Waals surface area contributed by atoms with Gasteiger partial charge in [-0.15, -0.1) is 0 Å². The Bertz CT molecular complexity index is 585. The van der Waals surface area contributed by atoms with Crippen molar-refractivity contribution in [2.45, 2.75) is 19.3 Å². The van der Waals surface area contributed by atoms with Crippen LogP contribution in [0.5, 0.6) is 0 Å². The normalized spacial score (nSPS) is 19.5. The van der Waals surface area contributed by atoms with Gasteiger partial charge in [0.1, 0.15) is 5.82 Å². The van der Waals surface area contributed by atoms with E-state index in [-0.39, 0.29) is 18.5 Å². The summed E-state index contributed by atoms with van der Waals surface area (Å²) in [6, 6.07) is 3.73. The first-order valence-corrected chi connectivity index (χ1v) is 7.26. The fraction of sp³-hybridized carbons (Fsp3) is 0.500. The van der Waals surface area contributed by atoms with Crippen molar-refractivity contribution >= 4 is 11.8 Å². The molecule has 0 amide bonds. The molecule has 1 atom stereocenters. The lowest BCUT2D eigenvalue weighted by molar-refractivity contribution is 0.223. The number of rotatable bonds is 3. The molecule has 7 heteroatoms. The second-order valence-electron chi connectivity index (χ2n) is 5.38. The van der Waals surface area contributed by atoms with Gasteiger partial charge in [0, 0.05) is 38.2 Å². The molecule has 1 aliphatic heterocycles.